The van der Waals surface area contributed by atoms with Gasteiger partial charge < -0.3 is 10.4 Å². The van der Waals surface area contributed by atoms with E-state index in [-0.39, 0.29) is 6.10 Å². The Morgan fingerprint density at radius 1 is 1.65 bits per heavy atom. The molecular formula is C12H21N3OS. The molecule has 0 bridgehead atoms. The summed E-state index contributed by atoms with van der Waals surface area (Å²) in [6.07, 6.45) is 2.25. The molecule has 0 aromatic carbocycles. The quantitative estimate of drug-likeness (QED) is 0.763. The van der Waals surface area contributed by atoms with Gasteiger partial charge in [0.15, 0.2) is 0 Å². The number of thiazole rings is 1. The zero-order valence-electron chi connectivity index (χ0n) is 10.5. The lowest BCUT2D eigenvalue weighted by molar-refractivity contribution is 0.121. The molecule has 0 spiro atoms. The van der Waals surface area contributed by atoms with E-state index in [4.69, 9.17) is 0 Å². The summed E-state index contributed by atoms with van der Waals surface area (Å²) in [5.41, 5.74) is 2.98. The van der Waals surface area contributed by atoms with Gasteiger partial charge in [-0.1, -0.05) is 0 Å². The average molecular weight is 255 g/mol. The monoisotopic (exact) mass is 255 g/mol. The van der Waals surface area contributed by atoms with Crippen LogP contribution in [0.3, 0.4) is 0 Å². The number of rotatable bonds is 7. The molecule has 0 saturated heterocycles. The highest BCUT2D eigenvalue weighted by Crippen LogP contribution is 2.18. The maximum absolute atomic E-state index is 9.88. The third kappa shape index (κ3) is 4.35. The number of nitrogens with one attached hydrogen (secondary N) is 1. The summed E-state index contributed by atoms with van der Waals surface area (Å²) >= 11 is 1.68. The zero-order chi connectivity index (χ0) is 12.3. The topological polar surface area (TPSA) is 48.4 Å². The highest BCUT2D eigenvalue weighted by Gasteiger charge is 2.21. The van der Waals surface area contributed by atoms with Gasteiger partial charge in [0.25, 0.3) is 0 Å². The predicted octanol–water partition coefficient (Wildman–Crippen LogP) is 0.996. The summed E-state index contributed by atoms with van der Waals surface area (Å²) < 4.78 is 0. The van der Waals surface area contributed by atoms with E-state index in [1.54, 1.807) is 11.3 Å². The van der Waals surface area contributed by atoms with E-state index in [2.05, 4.69) is 15.2 Å². The van der Waals surface area contributed by atoms with Crippen LogP contribution in [0.25, 0.3) is 0 Å². The SMILES string of the molecule is Cc1ncsc1CN(C)CC(O)CNC1CC1. The number of likely N-dealkylation sites (N-methyl/N-ethyl adjacent to an activating group) is 1. The molecular weight excluding hydrogens is 234 g/mol. The molecule has 4 nitrogen and oxygen atoms in total. The third-order valence-corrected chi connectivity index (χ3v) is 3.92. The zero-order valence-corrected chi connectivity index (χ0v) is 11.3. The van der Waals surface area contributed by atoms with Gasteiger partial charge in [-0.2, -0.15) is 0 Å². The molecule has 1 aliphatic carbocycles. The van der Waals surface area contributed by atoms with E-state index < -0.39 is 0 Å². The summed E-state index contributed by atoms with van der Waals surface area (Å²) in [6.45, 7) is 4.31. The first kappa shape index (κ1) is 13.0. The minimum Gasteiger partial charge on any atom is -0.390 e. The van der Waals surface area contributed by atoms with Crippen molar-refractivity contribution in [2.75, 3.05) is 20.1 Å². The van der Waals surface area contributed by atoms with Gasteiger partial charge in [-0.25, -0.2) is 4.98 Å². The van der Waals surface area contributed by atoms with Crippen LogP contribution in [0, 0.1) is 6.92 Å². The van der Waals surface area contributed by atoms with Crippen LogP contribution in [0.2, 0.25) is 0 Å². The van der Waals surface area contributed by atoms with Gasteiger partial charge in [0.2, 0.25) is 0 Å². The van der Waals surface area contributed by atoms with Crippen molar-refractivity contribution in [1.82, 2.24) is 15.2 Å². The Bertz CT molecular complexity index is 351. The van der Waals surface area contributed by atoms with Crippen LogP contribution in [0.4, 0.5) is 0 Å². The molecule has 2 rings (SSSR count). The second-order valence-corrected chi connectivity index (χ2v) is 5.83. The van der Waals surface area contributed by atoms with Crippen molar-refractivity contribution in [2.45, 2.75) is 38.5 Å². The van der Waals surface area contributed by atoms with Crippen molar-refractivity contribution in [1.29, 1.82) is 0 Å². The van der Waals surface area contributed by atoms with E-state index in [0.717, 1.165) is 12.2 Å². The number of nitrogens with zero attached hydrogens (tertiary/aromatic N) is 2. The number of aromatic nitrogens is 1. The molecule has 1 fully saturated rings. The minimum absolute atomic E-state index is 0.283. The van der Waals surface area contributed by atoms with E-state index in [1.165, 1.54) is 17.7 Å². The van der Waals surface area contributed by atoms with E-state index in [0.29, 0.717) is 19.1 Å². The molecule has 1 atom stereocenters. The summed E-state index contributed by atoms with van der Waals surface area (Å²) in [7, 11) is 2.04. The summed E-state index contributed by atoms with van der Waals surface area (Å²) in [4.78, 5) is 7.67. The largest absolute Gasteiger partial charge is 0.390 e. The van der Waals surface area contributed by atoms with Gasteiger partial charge in [0.1, 0.15) is 0 Å². The van der Waals surface area contributed by atoms with Crippen LogP contribution < -0.4 is 5.32 Å². The van der Waals surface area contributed by atoms with Crippen molar-refractivity contribution in [2.24, 2.45) is 0 Å². The van der Waals surface area contributed by atoms with Gasteiger partial charge >= 0.3 is 0 Å². The first-order chi connectivity index (χ1) is 8.15. The van der Waals surface area contributed by atoms with Gasteiger partial charge in [0.05, 0.1) is 17.3 Å². The van der Waals surface area contributed by atoms with Gasteiger partial charge in [-0.15, -0.1) is 11.3 Å². The number of hydrogen-bond acceptors (Lipinski definition) is 5. The van der Waals surface area contributed by atoms with Crippen LogP contribution in [0.1, 0.15) is 23.4 Å². The van der Waals surface area contributed by atoms with E-state index in [1.807, 2.05) is 19.5 Å². The lowest BCUT2D eigenvalue weighted by Crippen LogP contribution is -2.37. The molecule has 96 valence electrons. The summed E-state index contributed by atoms with van der Waals surface area (Å²) in [5, 5.41) is 13.2. The van der Waals surface area contributed by atoms with Crippen LogP contribution in [-0.4, -0.2) is 47.3 Å². The number of aliphatic hydroxyl groups is 1. The normalized spacial score (nSPS) is 17.6. The number of hydrogen-bond donors (Lipinski definition) is 2. The molecule has 1 saturated carbocycles. The van der Waals surface area contributed by atoms with Crippen LogP contribution >= 0.6 is 11.3 Å². The van der Waals surface area contributed by atoms with Gasteiger partial charge in [0, 0.05) is 30.6 Å². The highest BCUT2D eigenvalue weighted by atomic mass is 32.1. The second-order valence-electron chi connectivity index (χ2n) is 4.89. The molecule has 1 aromatic rings. The number of aryl methyl sites for hydroxylation is 1. The van der Waals surface area contributed by atoms with E-state index in [9.17, 15) is 5.11 Å². The van der Waals surface area contributed by atoms with Crippen molar-refractivity contribution in [3.63, 3.8) is 0 Å². The molecule has 0 amide bonds. The smallest absolute Gasteiger partial charge is 0.0798 e. The lowest BCUT2D eigenvalue weighted by atomic mass is 10.3. The molecule has 1 aliphatic rings. The molecule has 17 heavy (non-hydrogen) atoms. The van der Waals surface area contributed by atoms with Gasteiger partial charge in [-0.3, -0.25) is 4.90 Å². The van der Waals surface area contributed by atoms with Crippen molar-refractivity contribution < 1.29 is 5.11 Å². The Hall–Kier alpha value is -0.490. The lowest BCUT2D eigenvalue weighted by Gasteiger charge is -2.20. The van der Waals surface area contributed by atoms with Crippen LogP contribution in [-0.2, 0) is 6.54 Å². The first-order valence-corrected chi connectivity index (χ1v) is 7.02. The van der Waals surface area contributed by atoms with Crippen LogP contribution in [0.5, 0.6) is 0 Å². The molecule has 0 aliphatic heterocycles. The standard InChI is InChI=1S/C12H21N3OS/c1-9-12(17-8-14-9)7-15(2)6-11(16)5-13-10-3-4-10/h8,10-11,13,16H,3-7H2,1-2H3. The van der Waals surface area contributed by atoms with E-state index >= 15 is 0 Å². The van der Waals surface area contributed by atoms with Crippen LogP contribution in [0.15, 0.2) is 5.51 Å². The predicted molar refractivity (Wildman–Crippen MR) is 70.2 cm³/mol. The highest BCUT2D eigenvalue weighted by molar-refractivity contribution is 7.09. The summed E-state index contributed by atoms with van der Waals surface area (Å²) in [6, 6.07) is 0.665. The Balaban J connectivity index is 1.68. The molecule has 0 radical (unpaired) electrons. The molecule has 2 N–H and O–H groups in total. The van der Waals surface area contributed by atoms with Crippen molar-refractivity contribution in [3.8, 4) is 0 Å². The first-order valence-electron chi connectivity index (χ1n) is 6.14. The Morgan fingerprint density at radius 3 is 3.00 bits per heavy atom. The molecule has 1 heterocycles. The Labute approximate surface area is 107 Å². The minimum atomic E-state index is -0.283. The second kappa shape index (κ2) is 5.91. The molecule has 1 aromatic heterocycles. The maximum Gasteiger partial charge on any atom is 0.0798 e. The Morgan fingerprint density at radius 2 is 2.41 bits per heavy atom. The fourth-order valence-electron chi connectivity index (χ4n) is 1.80. The fourth-order valence-corrected chi connectivity index (χ4v) is 2.66. The Kier molecular flexibility index (Phi) is 4.50. The third-order valence-electron chi connectivity index (χ3n) is 3.00. The van der Waals surface area contributed by atoms with Gasteiger partial charge in [-0.05, 0) is 26.8 Å². The molecule has 5 heteroatoms. The fraction of sp³-hybridized carbons (Fsp3) is 0.750. The average Bonchev–Trinajstić information content (AvgIpc) is 3.02. The molecule has 1 unspecified atom stereocenters. The number of aliphatic hydroxyl groups excluding tert-OH is 1. The maximum atomic E-state index is 9.88. The van der Waals surface area contributed by atoms with Crippen molar-refractivity contribution >= 4 is 11.3 Å². The van der Waals surface area contributed by atoms with Crippen molar-refractivity contribution in [3.05, 3.63) is 16.1 Å². The summed E-state index contributed by atoms with van der Waals surface area (Å²) in [5.74, 6) is 0.